The fraction of sp³-hybridized carbons (Fsp3) is 0. The van der Waals surface area contributed by atoms with Crippen molar-refractivity contribution in [3.05, 3.63) is 212 Å². The van der Waals surface area contributed by atoms with Crippen LogP contribution in [0.4, 0.5) is 17.1 Å². The van der Waals surface area contributed by atoms with Crippen LogP contribution in [0.15, 0.2) is 212 Å². The summed E-state index contributed by atoms with van der Waals surface area (Å²) in [5.41, 5.74) is 6.33. The van der Waals surface area contributed by atoms with Crippen molar-refractivity contribution in [1.82, 2.24) is 0 Å². The molecule has 0 saturated carbocycles. The molecule has 1 heteroatoms. The molecule has 0 unspecified atom stereocenters. The van der Waals surface area contributed by atoms with Crippen LogP contribution in [0.25, 0.3) is 66.1 Å². The third kappa shape index (κ3) is 5.86. The van der Waals surface area contributed by atoms with Gasteiger partial charge in [-0.1, -0.05) is 164 Å². The summed E-state index contributed by atoms with van der Waals surface area (Å²) in [6.45, 7) is 0. The fourth-order valence-corrected chi connectivity index (χ4v) is 6.79. The standard InChI is InChI=1S/C50H35N/c1-4-14-37(15-5-1)46-33-28-40(34-49(46)38-16-6-2-7-17-38)36-24-29-43(30-25-36)51(42-19-8-3-9-20-42)44-31-26-39(27-32-44)50-35-41-18-10-11-21-45(41)47-22-12-13-23-48(47)50/h1-35H/i3D,8D,9D,19D,20D,26D,27D,31D,32D. The first-order chi connectivity index (χ1) is 29.0. The topological polar surface area (TPSA) is 3.24 Å². The largest absolute Gasteiger partial charge is 0.311 e. The van der Waals surface area contributed by atoms with Crippen molar-refractivity contribution in [3.63, 3.8) is 0 Å². The van der Waals surface area contributed by atoms with E-state index >= 15 is 0 Å². The highest BCUT2D eigenvalue weighted by Gasteiger charge is 2.15. The van der Waals surface area contributed by atoms with Crippen LogP contribution in [-0.2, 0) is 0 Å². The maximum Gasteiger partial charge on any atom is 0.0645 e. The molecular weight excluding hydrogens is 615 g/mol. The lowest BCUT2D eigenvalue weighted by atomic mass is 9.91. The minimum atomic E-state index is -0.589. The van der Waals surface area contributed by atoms with Gasteiger partial charge in [0, 0.05) is 17.1 Å². The number of para-hydroxylation sites is 1. The van der Waals surface area contributed by atoms with Crippen molar-refractivity contribution in [1.29, 1.82) is 0 Å². The number of nitrogens with zero attached hydrogens (tertiary/aromatic N) is 1. The van der Waals surface area contributed by atoms with Crippen LogP contribution >= 0.6 is 0 Å². The Morgan fingerprint density at radius 1 is 0.314 bits per heavy atom. The predicted octanol–water partition coefficient (Wildman–Crippen LogP) is 14.1. The summed E-state index contributed by atoms with van der Waals surface area (Å²) in [7, 11) is 0. The van der Waals surface area contributed by atoms with Gasteiger partial charge in [0.05, 0.1) is 12.3 Å². The average molecular weight is 659 g/mol. The van der Waals surface area contributed by atoms with Gasteiger partial charge in [-0.25, -0.2) is 0 Å². The molecular formula is C50H35N. The molecule has 9 aromatic carbocycles. The van der Waals surface area contributed by atoms with Gasteiger partial charge in [0.25, 0.3) is 0 Å². The van der Waals surface area contributed by atoms with Gasteiger partial charge >= 0.3 is 0 Å². The number of benzene rings is 9. The molecule has 0 bridgehead atoms. The Balaban J connectivity index is 1.24. The summed E-state index contributed by atoms with van der Waals surface area (Å²) in [5, 5.41) is 3.52. The smallest absolute Gasteiger partial charge is 0.0645 e. The molecule has 9 rings (SSSR count). The zero-order valence-electron chi connectivity index (χ0n) is 36.5. The first-order valence-electron chi connectivity index (χ1n) is 21.3. The van der Waals surface area contributed by atoms with Crippen LogP contribution in [0, 0.1) is 0 Å². The summed E-state index contributed by atoms with van der Waals surface area (Å²) in [6, 6.07) is 46.6. The van der Waals surface area contributed by atoms with Gasteiger partial charge in [0.15, 0.2) is 0 Å². The van der Waals surface area contributed by atoms with E-state index in [-0.39, 0.29) is 34.7 Å². The lowest BCUT2D eigenvalue weighted by Crippen LogP contribution is -2.09. The Bertz CT molecular complexity index is 3070. The van der Waals surface area contributed by atoms with Gasteiger partial charge in [-0.2, -0.15) is 0 Å². The summed E-state index contributed by atoms with van der Waals surface area (Å²) in [6.07, 6.45) is 0. The minimum Gasteiger partial charge on any atom is -0.311 e. The lowest BCUT2D eigenvalue weighted by molar-refractivity contribution is 1.28. The monoisotopic (exact) mass is 658 g/mol. The first kappa shape index (κ1) is 22.1. The molecule has 0 aliphatic carbocycles. The van der Waals surface area contributed by atoms with Crippen LogP contribution in [-0.4, -0.2) is 0 Å². The van der Waals surface area contributed by atoms with E-state index in [2.05, 4.69) is 36.4 Å². The van der Waals surface area contributed by atoms with E-state index in [0.29, 0.717) is 5.56 Å². The molecule has 0 saturated heterocycles. The van der Waals surface area contributed by atoms with E-state index < -0.39 is 42.3 Å². The second-order valence-electron chi connectivity index (χ2n) is 12.3. The number of anilines is 3. The number of hydrogen-bond acceptors (Lipinski definition) is 1. The van der Waals surface area contributed by atoms with Gasteiger partial charge in [0.2, 0.25) is 0 Å². The second kappa shape index (κ2) is 13.3. The van der Waals surface area contributed by atoms with Crippen LogP contribution in [0.3, 0.4) is 0 Å². The molecule has 0 fully saturated rings. The molecule has 0 heterocycles. The molecule has 0 spiro atoms. The molecule has 0 aromatic heterocycles. The SMILES string of the molecule is [2H]c1c([2H])c([2H])c(N(c2ccc(-c3ccc(-c4ccccc4)c(-c4ccccc4)c3)cc2)c2c([2H])c([2H])c(-c3cc4ccccc4c4ccccc34)c([2H])c2[2H])c([2H])c1[2H]. The van der Waals surface area contributed by atoms with E-state index in [1.54, 1.807) is 12.1 Å². The summed E-state index contributed by atoms with van der Waals surface area (Å²) < 4.78 is 81.3. The van der Waals surface area contributed by atoms with E-state index in [0.717, 1.165) is 54.9 Å². The fourth-order valence-electron chi connectivity index (χ4n) is 6.79. The highest BCUT2D eigenvalue weighted by Crippen LogP contribution is 2.40. The number of fused-ring (bicyclic) bond motifs is 3. The van der Waals surface area contributed by atoms with Crippen molar-refractivity contribution in [2.45, 2.75) is 0 Å². The van der Waals surface area contributed by atoms with Crippen LogP contribution in [0.2, 0.25) is 0 Å². The van der Waals surface area contributed by atoms with Crippen LogP contribution < -0.4 is 4.90 Å². The normalized spacial score (nSPS) is 13.6. The molecule has 0 aliphatic rings. The Morgan fingerprint density at radius 3 is 1.59 bits per heavy atom. The van der Waals surface area contributed by atoms with Crippen LogP contribution in [0.1, 0.15) is 12.3 Å². The quantitative estimate of drug-likeness (QED) is 0.154. The van der Waals surface area contributed by atoms with Gasteiger partial charge in [0.1, 0.15) is 0 Å². The molecule has 9 aromatic rings. The summed E-state index contributed by atoms with van der Waals surface area (Å²) in [4.78, 5) is 1.26. The molecule has 0 atom stereocenters. The molecule has 51 heavy (non-hydrogen) atoms. The zero-order chi connectivity index (χ0) is 41.8. The van der Waals surface area contributed by atoms with Crippen molar-refractivity contribution < 1.29 is 12.3 Å². The lowest BCUT2D eigenvalue weighted by Gasteiger charge is -2.26. The Kier molecular flexibility index (Phi) is 5.77. The average Bonchev–Trinajstić information content (AvgIpc) is 3.29. The highest BCUT2D eigenvalue weighted by atomic mass is 15.1. The Morgan fingerprint density at radius 2 is 0.882 bits per heavy atom. The minimum absolute atomic E-state index is 0.0974. The van der Waals surface area contributed by atoms with Gasteiger partial charge < -0.3 is 4.90 Å². The molecule has 240 valence electrons. The third-order valence-electron chi connectivity index (χ3n) is 9.23. The van der Waals surface area contributed by atoms with Gasteiger partial charge in [-0.05, 0) is 114 Å². The van der Waals surface area contributed by atoms with Crippen molar-refractivity contribution in [2.75, 3.05) is 4.90 Å². The summed E-state index contributed by atoms with van der Waals surface area (Å²) >= 11 is 0. The second-order valence-corrected chi connectivity index (χ2v) is 12.3. The summed E-state index contributed by atoms with van der Waals surface area (Å²) in [5.74, 6) is 0. The predicted molar refractivity (Wildman–Crippen MR) is 218 cm³/mol. The van der Waals surface area contributed by atoms with Crippen molar-refractivity contribution >= 4 is 38.6 Å². The van der Waals surface area contributed by atoms with E-state index in [9.17, 15) is 5.48 Å². The zero-order valence-corrected chi connectivity index (χ0v) is 27.5. The van der Waals surface area contributed by atoms with Crippen LogP contribution in [0.5, 0.6) is 0 Å². The molecule has 0 radical (unpaired) electrons. The first-order valence-corrected chi connectivity index (χ1v) is 16.8. The number of rotatable bonds is 7. The molecule has 0 N–H and O–H groups in total. The number of hydrogen-bond donors (Lipinski definition) is 0. The third-order valence-corrected chi connectivity index (χ3v) is 9.23. The van der Waals surface area contributed by atoms with E-state index in [1.165, 1.54) is 4.90 Å². The molecule has 0 aliphatic heterocycles. The Labute approximate surface area is 312 Å². The maximum absolute atomic E-state index is 9.50. The molecule has 0 amide bonds. The van der Waals surface area contributed by atoms with Crippen molar-refractivity contribution in [3.8, 4) is 44.5 Å². The van der Waals surface area contributed by atoms with Gasteiger partial charge in [-0.15, -0.1) is 0 Å². The van der Waals surface area contributed by atoms with E-state index in [1.807, 2.05) is 109 Å². The van der Waals surface area contributed by atoms with Crippen molar-refractivity contribution in [2.24, 2.45) is 0 Å². The Hall–Kier alpha value is -6.70. The highest BCUT2D eigenvalue weighted by molar-refractivity contribution is 6.13. The molecule has 1 nitrogen and oxygen atoms in total. The van der Waals surface area contributed by atoms with Gasteiger partial charge in [-0.3, -0.25) is 0 Å². The van der Waals surface area contributed by atoms with E-state index in [4.69, 9.17) is 6.85 Å². The maximum atomic E-state index is 9.50.